The molecule has 0 atom stereocenters. The summed E-state index contributed by atoms with van der Waals surface area (Å²) in [6.07, 6.45) is 0. The second-order valence-corrected chi connectivity index (χ2v) is 7.24. The van der Waals surface area contributed by atoms with E-state index in [9.17, 15) is 4.79 Å². The molecule has 1 aliphatic heterocycles. The van der Waals surface area contributed by atoms with E-state index in [1.807, 2.05) is 65.6 Å². The van der Waals surface area contributed by atoms with E-state index in [1.54, 1.807) is 7.11 Å². The third-order valence-corrected chi connectivity index (χ3v) is 5.36. The molecule has 0 unspecified atom stereocenters. The molecule has 0 spiro atoms. The number of piperazine rings is 1. The lowest BCUT2D eigenvalue weighted by Crippen LogP contribution is -2.49. The summed E-state index contributed by atoms with van der Waals surface area (Å²) in [6, 6.07) is 19.9. The van der Waals surface area contributed by atoms with Gasteiger partial charge in [-0.3, -0.25) is 14.8 Å². The molecular formula is C23H26N4O2. The van der Waals surface area contributed by atoms with Crippen LogP contribution >= 0.6 is 0 Å². The molecule has 1 aliphatic rings. The van der Waals surface area contributed by atoms with Crippen molar-refractivity contribution in [3.63, 3.8) is 0 Å². The average Bonchev–Trinajstić information content (AvgIpc) is 3.29. The molecule has 1 amide bonds. The first-order valence-electron chi connectivity index (χ1n) is 9.96. The van der Waals surface area contributed by atoms with Gasteiger partial charge in [0.05, 0.1) is 18.0 Å². The number of nitrogens with one attached hydrogen (secondary N) is 1. The number of carbonyl (C=O) groups excluding carboxylic acids is 1. The van der Waals surface area contributed by atoms with Gasteiger partial charge in [-0.15, -0.1) is 0 Å². The van der Waals surface area contributed by atoms with E-state index in [0.29, 0.717) is 0 Å². The van der Waals surface area contributed by atoms with Crippen LogP contribution in [0.15, 0.2) is 60.7 Å². The topological polar surface area (TPSA) is 61.5 Å². The van der Waals surface area contributed by atoms with Crippen LogP contribution in [0.25, 0.3) is 22.5 Å². The minimum Gasteiger partial charge on any atom is -0.383 e. The van der Waals surface area contributed by atoms with Crippen molar-refractivity contribution in [2.24, 2.45) is 0 Å². The lowest BCUT2D eigenvalue weighted by atomic mass is 10.1. The Morgan fingerprint density at radius 1 is 1.00 bits per heavy atom. The zero-order chi connectivity index (χ0) is 20.1. The molecular weight excluding hydrogens is 364 g/mol. The largest absolute Gasteiger partial charge is 0.383 e. The number of ether oxygens (including phenoxy) is 1. The Morgan fingerprint density at radius 3 is 2.41 bits per heavy atom. The standard InChI is InChI=1S/C23H26N4O2/c1-29-16-15-26-11-13-27(14-12-26)23(28)20-9-7-19(8-10-20)22-17-21(24-25-22)18-5-3-2-4-6-18/h2-10,17H,11-16H2,1H3,(H,24,25). The van der Waals surface area contributed by atoms with Gasteiger partial charge >= 0.3 is 0 Å². The number of benzene rings is 2. The highest BCUT2D eigenvalue weighted by molar-refractivity contribution is 5.94. The smallest absolute Gasteiger partial charge is 0.253 e. The number of aromatic nitrogens is 2. The summed E-state index contributed by atoms with van der Waals surface area (Å²) < 4.78 is 5.13. The maximum absolute atomic E-state index is 12.8. The Morgan fingerprint density at radius 2 is 1.72 bits per heavy atom. The van der Waals surface area contributed by atoms with Crippen LogP contribution < -0.4 is 0 Å². The van der Waals surface area contributed by atoms with Crippen LogP contribution in [0.3, 0.4) is 0 Å². The van der Waals surface area contributed by atoms with Crippen molar-refractivity contribution in [2.75, 3.05) is 46.4 Å². The fourth-order valence-electron chi connectivity index (χ4n) is 3.60. The third-order valence-electron chi connectivity index (χ3n) is 5.36. The lowest BCUT2D eigenvalue weighted by Gasteiger charge is -2.34. The van der Waals surface area contributed by atoms with Gasteiger partial charge in [0.15, 0.2) is 0 Å². The van der Waals surface area contributed by atoms with Gasteiger partial charge in [-0.05, 0) is 23.8 Å². The zero-order valence-electron chi connectivity index (χ0n) is 16.7. The van der Waals surface area contributed by atoms with Gasteiger partial charge in [-0.25, -0.2) is 0 Å². The molecule has 4 rings (SSSR count). The third kappa shape index (κ3) is 4.55. The number of hydrogen-bond donors (Lipinski definition) is 1. The van der Waals surface area contributed by atoms with E-state index in [0.717, 1.165) is 67.4 Å². The van der Waals surface area contributed by atoms with E-state index >= 15 is 0 Å². The number of nitrogens with zero attached hydrogens (tertiary/aromatic N) is 3. The summed E-state index contributed by atoms with van der Waals surface area (Å²) in [5, 5.41) is 7.50. The van der Waals surface area contributed by atoms with Gasteiger partial charge in [0, 0.05) is 51.0 Å². The van der Waals surface area contributed by atoms with Gasteiger partial charge in [-0.2, -0.15) is 5.10 Å². The molecule has 3 aromatic rings. The molecule has 1 saturated heterocycles. The summed E-state index contributed by atoms with van der Waals surface area (Å²) in [5.41, 5.74) is 4.66. The number of rotatable bonds is 6. The number of H-pyrrole nitrogens is 1. The van der Waals surface area contributed by atoms with Crippen molar-refractivity contribution in [3.8, 4) is 22.5 Å². The Kier molecular flexibility index (Phi) is 6.03. The molecule has 2 heterocycles. The normalized spacial score (nSPS) is 14.9. The maximum Gasteiger partial charge on any atom is 0.253 e. The first-order valence-corrected chi connectivity index (χ1v) is 9.96. The van der Waals surface area contributed by atoms with E-state index in [-0.39, 0.29) is 5.91 Å². The molecule has 0 saturated carbocycles. The molecule has 2 aromatic carbocycles. The summed E-state index contributed by atoms with van der Waals surface area (Å²) in [5.74, 6) is 0.0949. The van der Waals surface area contributed by atoms with Crippen LogP contribution in [0.2, 0.25) is 0 Å². The van der Waals surface area contributed by atoms with Gasteiger partial charge in [0.1, 0.15) is 0 Å². The molecule has 0 radical (unpaired) electrons. The van der Waals surface area contributed by atoms with Crippen molar-refractivity contribution >= 4 is 5.91 Å². The van der Waals surface area contributed by atoms with Gasteiger partial charge < -0.3 is 9.64 Å². The van der Waals surface area contributed by atoms with Crippen LogP contribution in [-0.4, -0.2) is 72.3 Å². The van der Waals surface area contributed by atoms with Gasteiger partial charge in [0.25, 0.3) is 5.91 Å². The maximum atomic E-state index is 12.8. The van der Waals surface area contributed by atoms with Crippen LogP contribution in [0.1, 0.15) is 10.4 Å². The average molecular weight is 390 g/mol. The fourth-order valence-corrected chi connectivity index (χ4v) is 3.60. The molecule has 0 bridgehead atoms. The Labute approximate surface area is 171 Å². The molecule has 1 fully saturated rings. The molecule has 1 N–H and O–H groups in total. The summed E-state index contributed by atoms with van der Waals surface area (Å²) >= 11 is 0. The number of amides is 1. The Balaban J connectivity index is 1.39. The first kappa shape index (κ1) is 19.4. The molecule has 0 aliphatic carbocycles. The van der Waals surface area contributed by atoms with Crippen molar-refractivity contribution in [1.29, 1.82) is 0 Å². The van der Waals surface area contributed by atoms with E-state index in [2.05, 4.69) is 15.1 Å². The SMILES string of the molecule is COCCN1CCN(C(=O)c2ccc(-c3cc(-c4ccccc4)n[nH]3)cc2)CC1. The molecule has 1 aromatic heterocycles. The Hall–Kier alpha value is -2.96. The van der Waals surface area contributed by atoms with Crippen LogP contribution in [0, 0.1) is 0 Å². The van der Waals surface area contributed by atoms with Crippen molar-refractivity contribution < 1.29 is 9.53 Å². The lowest BCUT2D eigenvalue weighted by molar-refractivity contribution is 0.0594. The quantitative estimate of drug-likeness (QED) is 0.702. The van der Waals surface area contributed by atoms with Crippen molar-refractivity contribution in [2.45, 2.75) is 0 Å². The minimum absolute atomic E-state index is 0.0949. The van der Waals surface area contributed by atoms with Gasteiger partial charge in [-0.1, -0.05) is 42.5 Å². The molecule has 6 nitrogen and oxygen atoms in total. The van der Waals surface area contributed by atoms with Gasteiger partial charge in [0.2, 0.25) is 0 Å². The highest BCUT2D eigenvalue weighted by atomic mass is 16.5. The molecule has 150 valence electrons. The fraction of sp³-hybridized carbons (Fsp3) is 0.304. The zero-order valence-corrected chi connectivity index (χ0v) is 16.7. The van der Waals surface area contributed by atoms with Crippen molar-refractivity contribution in [1.82, 2.24) is 20.0 Å². The number of carbonyl (C=O) groups is 1. The molecule has 6 heteroatoms. The summed E-state index contributed by atoms with van der Waals surface area (Å²) in [7, 11) is 1.72. The Bertz CT molecular complexity index is 929. The second-order valence-electron chi connectivity index (χ2n) is 7.24. The predicted octanol–water partition coefficient (Wildman–Crippen LogP) is 3.15. The summed E-state index contributed by atoms with van der Waals surface area (Å²) in [6.45, 7) is 4.95. The predicted molar refractivity (Wildman–Crippen MR) is 114 cm³/mol. The number of hydrogen-bond acceptors (Lipinski definition) is 4. The van der Waals surface area contributed by atoms with E-state index < -0.39 is 0 Å². The monoisotopic (exact) mass is 390 g/mol. The number of aromatic amines is 1. The number of methoxy groups -OCH3 is 1. The highest BCUT2D eigenvalue weighted by Gasteiger charge is 2.22. The highest BCUT2D eigenvalue weighted by Crippen LogP contribution is 2.24. The van der Waals surface area contributed by atoms with Crippen LogP contribution in [0.5, 0.6) is 0 Å². The first-order chi connectivity index (χ1) is 14.2. The van der Waals surface area contributed by atoms with E-state index in [1.165, 1.54) is 0 Å². The summed E-state index contributed by atoms with van der Waals surface area (Å²) in [4.78, 5) is 17.1. The second kappa shape index (κ2) is 9.03. The molecule has 29 heavy (non-hydrogen) atoms. The minimum atomic E-state index is 0.0949. The van der Waals surface area contributed by atoms with Crippen molar-refractivity contribution in [3.05, 3.63) is 66.2 Å². The van der Waals surface area contributed by atoms with Crippen LogP contribution in [-0.2, 0) is 4.74 Å². The van der Waals surface area contributed by atoms with Crippen LogP contribution in [0.4, 0.5) is 0 Å². The van der Waals surface area contributed by atoms with E-state index in [4.69, 9.17) is 4.74 Å².